The van der Waals surface area contributed by atoms with Gasteiger partial charge in [-0.1, -0.05) is 35.3 Å². The Morgan fingerprint density at radius 3 is 2.53 bits per heavy atom. The largest absolute Gasteiger partial charge is 0.481 e. The van der Waals surface area contributed by atoms with Crippen LogP contribution in [0.25, 0.3) is 0 Å². The second-order valence-electron chi connectivity index (χ2n) is 3.98. The van der Waals surface area contributed by atoms with E-state index in [0.29, 0.717) is 17.1 Å². The van der Waals surface area contributed by atoms with Crippen molar-refractivity contribution in [2.45, 2.75) is 12.3 Å². The first-order chi connectivity index (χ1) is 9.08. The fraction of sp³-hybridized carbons (Fsp3) is 0.154. The second-order valence-corrected chi connectivity index (χ2v) is 4.82. The van der Waals surface area contributed by atoms with Crippen LogP contribution in [-0.4, -0.2) is 21.0 Å². The van der Waals surface area contributed by atoms with E-state index in [2.05, 4.69) is 9.97 Å². The van der Waals surface area contributed by atoms with Crippen LogP contribution in [0, 0.1) is 0 Å². The molecule has 0 saturated heterocycles. The van der Waals surface area contributed by atoms with Gasteiger partial charge in [-0.05, 0) is 24.1 Å². The van der Waals surface area contributed by atoms with E-state index in [-0.39, 0.29) is 5.02 Å². The number of rotatable bonds is 4. The van der Waals surface area contributed by atoms with Crippen molar-refractivity contribution in [1.82, 2.24) is 9.97 Å². The van der Waals surface area contributed by atoms with Crippen LogP contribution < -0.4 is 0 Å². The van der Waals surface area contributed by atoms with E-state index < -0.39 is 11.9 Å². The van der Waals surface area contributed by atoms with E-state index in [9.17, 15) is 9.90 Å². The second kappa shape index (κ2) is 5.99. The molecule has 0 saturated carbocycles. The molecule has 1 aromatic heterocycles. The molecule has 1 atom stereocenters. The maximum Gasteiger partial charge on any atom is 0.312 e. The fourth-order valence-electron chi connectivity index (χ4n) is 1.74. The molecule has 98 valence electrons. The highest BCUT2D eigenvalue weighted by Crippen LogP contribution is 2.25. The van der Waals surface area contributed by atoms with Gasteiger partial charge in [-0.2, -0.15) is 0 Å². The zero-order valence-electron chi connectivity index (χ0n) is 9.75. The summed E-state index contributed by atoms with van der Waals surface area (Å²) in [7, 11) is 0. The molecule has 1 unspecified atom stereocenters. The Bertz CT molecular complexity index is 587. The molecule has 6 heteroatoms. The summed E-state index contributed by atoms with van der Waals surface area (Å²) in [6.45, 7) is 0. The molecule has 1 N–H and O–H groups in total. The van der Waals surface area contributed by atoms with Crippen molar-refractivity contribution in [3.8, 4) is 0 Å². The van der Waals surface area contributed by atoms with Gasteiger partial charge >= 0.3 is 5.97 Å². The Labute approximate surface area is 120 Å². The normalized spacial score (nSPS) is 12.1. The molecule has 0 amide bonds. The van der Waals surface area contributed by atoms with Gasteiger partial charge in [0.1, 0.15) is 12.2 Å². The monoisotopic (exact) mass is 296 g/mol. The van der Waals surface area contributed by atoms with E-state index in [1.807, 2.05) is 0 Å². The Morgan fingerprint density at radius 1 is 1.26 bits per heavy atom. The van der Waals surface area contributed by atoms with Gasteiger partial charge in [0.25, 0.3) is 0 Å². The molecule has 0 spiro atoms. The number of halogens is 2. The number of aliphatic carboxylic acids is 1. The Kier molecular flexibility index (Phi) is 4.35. The topological polar surface area (TPSA) is 63.1 Å². The highest BCUT2D eigenvalue weighted by molar-refractivity contribution is 6.31. The number of aromatic nitrogens is 2. The maximum atomic E-state index is 11.4. The third kappa shape index (κ3) is 3.43. The standard InChI is InChI=1S/C13H10Cl2N2O2/c14-9-3-1-8(2-4-9)5-10(13(18)19)12-11(15)6-16-7-17-12/h1-4,6-7,10H,5H2,(H,18,19). The van der Waals surface area contributed by atoms with Gasteiger partial charge in [0.15, 0.2) is 0 Å². The number of hydrogen-bond donors (Lipinski definition) is 1. The first kappa shape index (κ1) is 13.8. The van der Waals surface area contributed by atoms with E-state index in [1.54, 1.807) is 24.3 Å². The quantitative estimate of drug-likeness (QED) is 0.941. The number of carboxylic acids is 1. The van der Waals surface area contributed by atoms with Crippen molar-refractivity contribution < 1.29 is 9.90 Å². The minimum atomic E-state index is -0.976. The lowest BCUT2D eigenvalue weighted by atomic mass is 9.96. The molecule has 1 heterocycles. The van der Waals surface area contributed by atoms with Crippen LogP contribution in [0.3, 0.4) is 0 Å². The lowest BCUT2D eigenvalue weighted by Gasteiger charge is -2.12. The molecule has 1 aromatic carbocycles. The van der Waals surface area contributed by atoms with Crippen molar-refractivity contribution >= 4 is 29.2 Å². The van der Waals surface area contributed by atoms with E-state index in [4.69, 9.17) is 23.2 Å². The average Bonchev–Trinajstić information content (AvgIpc) is 2.39. The molecule has 19 heavy (non-hydrogen) atoms. The van der Waals surface area contributed by atoms with Gasteiger partial charge in [-0.3, -0.25) is 4.79 Å². The molecule has 0 bridgehead atoms. The molecule has 0 aliphatic rings. The Balaban J connectivity index is 2.29. The number of benzene rings is 1. The van der Waals surface area contributed by atoms with Crippen LogP contribution in [0.15, 0.2) is 36.8 Å². The molecule has 2 aromatic rings. The molecule has 2 rings (SSSR count). The minimum absolute atomic E-state index is 0.254. The van der Waals surface area contributed by atoms with Crippen molar-refractivity contribution in [2.24, 2.45) is 0 Å². The summed E-state index contributed by atoms with van der Waals surface area (Å²) in [4.78, 5) is 19.1. The first-order valence-electron chi connectivity index (χ1n) is 5.50. The molecule has 0 fully saturated rings. The summed E-state index contributed by atoms with van der Waals surface area (Å²) in [6.07, 6.45) is 2.98. The van der Waals surface area contributed by atoms with Gasteiger partial charge in [0, 0.05) is 11.2 Å². The molecule has 0 aliphatic carbocycles. The van der Waals surface area contributed by atoms with E-state index in [1.165, 1.54) is 12.5 Å². The van der Waals surface area contributed by atoms with Crippen molar-refractivity contribution in [1.29, 1.82) is 0 Å². The van der Waals surface area contributed by atoms with Gasteiger partial charge < -0.3 is 5.11 Å². The lowest BCUT2D eigenvalue weighted by Crippen LogP contribution is -2.16. The average molecular weight is 297 g/mol. The summed E-state index contributed by atoms with van der Waals surface area (Å²) < 4.78 is 0. The van der Waals surface area contributed by atoms with Crippen LogP contribution in [0.2, 0.25) is 10.0 Å². The molecular weight excluding hydrogens is 287 g/mol. The predicted molar refractivity (Wildman–Crippen MR) is 72.6 cm³/mol. The predicted octanol–water partition coefficient (Wildman–Crippen LogP) is 3.19. The first-order valence-corrected chi connectivity index (χ1v) is 6.26. The minimum Gasteiger partial charge on any atom is -0.481 e. The van der Waals surface area contributed by atoms with Crippen LogP contribution >= 0.6 is 23.2 Å². The summed E-state index contributed by atoms with van der Waals surface area (Å²) >= 11 is 11.7. The summed E-state index contributed by atoms with van der Waals surface area (Å²) in [5.41, 5.74) is 1.17. The zero-order chi connectivity index (χ0) is 13.8. The summed E-state index contributed by atoms with van der Waals surface area (Å²) in [5, 5.41) is 10.2. The zero-order valence-corrected chi connectivity index (χ0v) is 11.3. The molecular formula is C13H10Cl2N2O2. The van der Waals surface area contributed by atoms with Crippen LogP contribution in [0.4, 0.5) is 0 Å². The van der Waals surface area contributed by atoms with Gasteiger partial charge in [0.05, 0.1) is 10.7 Å². The SMILES string of the molecule is O=C(O)C(Cc1ccc(Cl)cc1)c1ncncc1Cl. The summed E-state index contributed by atoms with van der Waals surface area (Å²) in [5.74, 6) is -1.78. The van der Waals surface area contributed by atoms with Gasteiger partial charge in [-0.25, -0.2) is 9.97 Å². The number of nitrogens with zero attached hydrogens (tertiary/aromatic N) is 2. The van der Waals surface area contributed by atoms with Crippen LogP contribution in [0.1, 0.15) is 17.2 Å². The van der Waals surface area contributed by atoms with Crippen molar-refractivity contribution in [2.75, 3.05) is 0 Å². The smallest absolute Gasteiger partial charge is 0.312 e. The molecule has 4 nitrogen and oxygen atoms in total. The third-order valence-electron chi connectivity index (χ3n) is 2.68. The Hall–Kier alpha value is -1.65. The lowest BCUT2D eigenvalue weighted by molar-refractivity contribution is -0.138. The van der Waals surface area contributed by atoms with Crippen LogP contribution in [-0.2, 0) is 11.2 Å². The third-order valence-corrected chi connectivity index (χ3v) is 3.22. The molecule has 0 radical (unpaired) electrons. The Morgan fingerprint density at radius 2 is 1.95 bits per heavy atom. The fourth-order valence-corrected chi connectivity index (χ4v) is 2.10. The maximum absolute atomic E-state index is 11.4. The van der Waals surface area contributed by atoms with Crippen molar-refractivity contribution in [3.63, 3.8) is 0 Å². The van der Waals surface area contributed by atoms with Crippen LogP contribution in [0.5, 0.6) is 0 Å². The van der Waals surface area contributed by atoms with E-state index >= 15 is 0 Å². The van der Waals surface area contributed by atoms with Gasteiger partial charge in [-0.15, -0.1) is 0 Å². The number of carbonyl (C=O) groups is 1. The molecule has 0 aliphatic heterocycles. The summed E-state index contributed by atoms with van der Waals surface area (Å²) in [6, 6.07) is 7.01. The highest BCUT2D eigenvalue weighted by atomic mass is 35.5. The van der Waals surface area contributed by atoms with E-state index in [0.717, 1.165) is 5.56 Å². The number of hydrogen-bond acceptors (Lipinski definition) is 3. The highest BCUT2D eigenvalue weighted by Gasteiger charge is 2.24. The van der Waals surface area contributed by atoms with Gasteiger partial charge in [0.2, 0.25) is 0 Å². The van der Waals surface area contributed by atoms with Crippen molar-refractivity contribution in [3.05, 3.63) is 58.1 Å². The number of carboxylic acid groups (broad SMARTS) is 1.